The first-order valence-corrected chi connectivity index (χ1v) is 36.5. The zero-order valence-corrected chi connectivity index (χ0v) is 58.8. The van der Waals surface area contributed by atoms with Crippen molar-refractivity contribution in [1.29, 1.82) is 0 Å². The van der Waals surface area contributed by atoms with E-state index in [1.807, 2.05) is 0 Å². The molecule has 0 saturated heterocycles. The minimum Gasteiger partial charge on any atom is -0.310 e. The Hall–Kier alpha value is -11.9. The van der Waals surface area contributed by atoms with Gasteiger partial charge in [0.05, 0.1) is 10.8 Å². The van der Waals surface area contributed by atoms with Gasteiger partial charge in [-0.1, -0.05) is 323 Å². The Morgan fingerprint density at radius 3 is 0.598 bits per heavy atom. The van der Waals surface area contributed by atoms with E-state index in [-0.39, 0.29) is 0 Å². The van der Waals surface area contributed by atoms with Crippen molar-refractivity contribution < 1.29 is 0 Å². The number of para-hydroxylation sites is 2. The second-order valence-electron chi connectivity index (χ2n) is 26.8. The molecule has 0 fully saturated rings. The zero-order valence-electron chi connectivity index (χ0n) is 55.6. The lowest BCUT2D eigenvalue weighted by Crippen LogP contribution is -2.26. The van der Waals surface area contributed by atoms with E-state index in [2.05, 4.69) is 430 Å². The molecule has 480 valence electrons. The Morgan fingerprint density at radius 1 is 0.157 bits per heavy atom. The first kappa shape index (κ1) is 61.2. The van der Waals surface area contributed by atoms with Crippen molar-refractivity contribution in [2.24, 2.45) is 0 Å². The molecule has 102 heavy (non-hydrogen) atoms. The highest BCUT2D eigenvalue weighted by molar-refractivity contribution is 9.10. The van der Waals surface area contributed by atoms with Crippen molar-refractivity contribution in [3.05, 3.63) is 442 Å². The molecule has 0 radical (unpaired) electrons. The fourth-order valence-corrected chi connectivity index (χ4v) is 17.6. The molecule has 2 spiro atoms. The Kier molecular flexibility index (Phi) is 15.0. The normalized spacial score (nSPS) is 13.0. The lowest BCUT2D eigenvalue weighted by Gasteiger charge is -2.32. The Morgan fingerprint density at radius 2 is 0.343 bits per heavy atom. The summed E-state index contributed by atoms with van der Waals surface area (Å²) >= 11 is 6.92. The fraction of sp³-hybridized carbons (Fsp3) is 0.0204. The van der Waals surface area contributed by atoms with E-state index in [0.717, 1.165) is 43.1 Å². The second kappa shape index (κ2) is 25.1. The molecule has 4 aliphatic rings. The van der Waals surface area contributed by atoms with E-state index in [1.54, 1.807) is 0 Å². The Balaban J connectivity index is 0.000000310. The molecule has 0 unspecified atom stereocenters. The average molecular weight is 1430 g/mol. The number of hydrogen-bond donors (Lipinski definition) is 0. The number of halogens is 2. The van der Waals surface area contributed by atoms with Crippen LogP contribution in [0.5, 0.6) is 0 Å². The van der Waals surface area contributed by atoms with Gasteiger partial charge in [0.1, 0.15) is 0 Å². The minimum atomic E-state index is -0.420. The van der Waals surface area contributed by atoms with Crippen LogP contribution in [0.4, 0.5) is 34.1 Å². The van der Waals surface area contributed by atoms with Gasteiger partial charge in [0.15, 0.2) is 0 Å². The van der Waals surface area contributed by atoms with Crippen molar-refractivity contribution in [2.45, 2.75) is 10.8 Å². The highest BCUT2D eigenvalue weighted by Crippen LogP contribution is 2.65. The predicted octanol–water partition coefficient (Wildman–Crippen LogP) is 27.2. The van der Waals surface area contributed by atoms with Gasteiger partial charge in [0, 0.05) is 43.1 Å². The second-order valence-corrected chi connectivity index (χ2v) is 28.7. The number of hydrogen-bond acceptors (Lipinski definition) is 2. The zero-order chi connectivity index (χ0) is 67.9. The summed E-state index contributed by atoms with van der Waals surface area (Å²) in [4.78, 5) is 4.82. The van der Waals surface area contributed by atoms with Crippen LogP contribution in [-0.4, -0.2) is 0 Å². The number of anilines is 6. The molecule has 16 aromatic rings. The molecule has 0 N–H and O–H groups in total. The van der Waals surface area contributed by atoms with Crippen LogP contribution >= 0.6 is 31.9 Å². The van der Waals surface area contributed by atoms with Crippen molar-refractivity contribution in [2.75, 3.05) is 9.80 Å². The van der Waals surface area contributed by atoms with Crippen LogP contribution in [0, 0.1) is 0 Å². The first-order valence-electron chi connectivity index (χ1n) is 34.9. The molecule has 0 aromatic heterocycles. The number of benzene rings is 16. The monoisotopic (exact) mass is 1430 g/mol. The summed E-state index contributed by atoms with van der Waals surface area (Å²) in [7, 11) is 0. The first-order chi connectivity index (χ1) is 50.4. The van der Waals surface area contributed by atoms with Crippen LogP contribution in [0.3, 0.4) is 0 Å². The molecule has 0 heterocycles. The van der Waals surface area contributed by atoms with Crippen LogP contribution in [0.15, 0.2) is 397 Å². The molecular weight excluding hydrogens is 1360 g/mol. The standard InChI is InChI=1S/C80H52N2.C18H12Br2/c1-3-19-57(20-4-1)81(61-47-49-69-67-27-11-17-33-75(67)79(77(69)51-61)71-29-13-7-23-63(71)64-24-8-14-30-72(64)79)59-43-39-55(40-44-59)53-35-37-54(38-36-53)56-41-45-60(46-42-56)82(58-21-5-2-6-22-58)62-48-50-70-68-28-12-18-34-76(68)80(78(70)52-62)73-31-15-9-25-65(73)66-26-10-16-32-74(66)80;19-17-9-5-15(6-10-17)13-1-2-14(4-3-13)16-7-11-18(20)12-8-16/h1-52H;1-12H. The molecule has 20 rings (SSSR count). The Bertz CT molecular complexity index is 5380. The van der Waals surface area contributed by atoms with E-state index in [9.17, 15) is 0 Å². The summed E-state index contributed by atoms with van der Waals surface area (Å²) in [5, 5.41) is 0. The molecule has 0 amide bonds. The minimum absolute atomic E-state index is 0.420. The summed E-state index contributed by atoms with van der Waals surface area (Å²) < 4.78 is 2.21. The van der Waals surface area contributed by atoms with Gasteiger partial charge in [-0.25, -0.2) is 0 Å². The Labute approximate surface area is 612 Å². The third-order valence-electron chi connectivity index (χ3n) is 21.5. The third-order valence-corrected chi connectivity index (χ3v) is 22.6. The van der Waals surface area contributed by atoms with E-state index in [1.165, 1.54) is 134 Å². The van der Waals surface area contributed by atoms with Gasteiger partial charge in [-0.3, -0.25) is 0 Å². The van der Waals surface area contributed by atoms with Crippen LogP contribution < -0.4 is 9.80 Å². The molecule has 4 aliphatic carbocycles. The molecule has 0 saturated carbocycles. The largest absolute Gasteiger partial charge is 0.310 e. The summed E-state index contributed by atoms with van der Waals surface area (Å²) in [5.74, 6) is 0. The van der Waals surface area contributed by atoms with Gasteiger partial charge >= 0.3 is 0 Å². The molecule has 4 heteroatoms. The maximum atomic E-state index is 3.46. The summed E-state index contributed by atoms with van der Waals surface area (Å²) in [6.45, 7) is 0. The van der Waals surface area contributed by atoms with Crippen LogP contribution in [0.2, 0.25) is 0 Å². The van der Waals surface area contributed by atoms with Gasteiger partial charge in [0.2, 0.25) is 0 Å². The van der Waals surface area contributed by atoms with E-state index >= 15 is 0 Å². The van der Waals surface area contributed by atoms with E-state index in [0.29, 0.717) is 0 Å². The molecule has 16 aromatic carbocycles. The molecule has 0 atom stereocenters. The topological polar surface area (TPSA) is 6.48 Å². The molecular formula is C98H64Br2N2. The van der Waals surface area contributed by atoms with Crippen molar-refractivity contribution in [3.8, 4) is 89.0 Å². The van der Waals surface area contributed by atoms with Gasteiger partial charge in [-0.15, -0.1) is 0 Å². The number of rotatable bonds is 10. The molecule has 2 nitrogen and oxygen atoms in total. The van der Waals surface area contributed by atoms with Crippen LogP contribution in [-0.2, 0) is 10.8 Å². The number of fused-ring (bicyclic) bond motifs is 20. The SMILES string of the molecule is Brc1ccc(-c2ccc(-c3ccc(Br)cc3)cc2)cc1.c1ccc(N(c2ccc(-c3ccc(-c4ccc(N(c5ccccc5)c5ccc6c(c5)C5(c7ccccc7-c7ccccc75)c5ccccc5-6)cc4)cc3)cc2)c2ccc3c(c2)C2(c4ccccc4-c4ccccc42)c2ccccc2-3)cc1. The van der Waals surface area contributed by atoms with Crippen LogP contribution in [0.25, 0.3) is 89.0 Å². The van der Waals surface area contributed by atoms with Gasteiger partial charge in [-0.2, -0.15) is 0 Å². The van der Waals surface area contributed by atoms with E-state index in [4.69, 9.17) is 0 Å². The predicted molar refractivity (Wildman–Crippen MR) is 432 cm³/mol. The highest BCUT2D eigenvalue weighted by atomic mass is 79.9. The smallest absolute Gasteiger partial charge is 0.0726 e. The van der Waals surface area contributed by atoms with Crippen molar-refractivity contribution in [3.63, 3.8) is 0 Å². The number of nitrogens with zero attached hydrogens (tertiary/aromatic N) is 2. The van der Waals surface area contributed by atoms with Gasteiger partial charge in [-0.05, 0) is 231 Å². The quantitative estimate of drug-likeness (QED) is 0.135. The lowest BCUT2D eigenvalue weighted by molar-refractivity contribution is 0.793. The van der Waals surface area contributed by atoms with Crippen LogP contribution in [0.1, 0.15) is 44.5 Å². The maximum absolute atomic E-state index is 3.46. The lowest BCUT2D eigenvalue weighted by atomic mass is 9.70. The maximum Gasteiger partial charge on any atom is 0.0726 e. The average Bonchev–Trinajstić information content (AvgIpc) is 1.52. The van der Waals surface area contributed by atoms with E-state index < -0.39 is 10.8 Å². The fourth-order valence-electron chi connectivity index (χ4n) is 17.1. The highest BCUT2D eigenvalue weighted by Gasteiger charge is 2.53. The summed E-state index contributed by atoms with van der Waals surface area (Å²) in [5.41, 5.74) is 36.7. The molecule has 0 bridgehead atoms. The van der Waals surface area contributed by atoms with Gasteiger partial charge < -0.3 is 9.80 Å². The van der Waals surface area contributed by atoms with Crippen molar-refractivity contribution >= 4 is 66.0 Å². The van der Waals surface area contributed by atoms with Gasteiger partial charge in [0.25, 0.3) is 0 Å². The van der Waals surface area contributed by atoms with Crippen molar-refractivity contribution in [1.82, 2.24) is 0 Å². The summed E-state index contributed by atoms with van der Waals surface area (Å²) in [6.07, 6.45) is 0. The summed E-state index contributed by atoms with van der Waals surface area (Å²) in [6, 6.07) is 143. The third kappa shape index (κ3) is 9.87. The molecule has 0 aliphatic heterocycles.